The molecule has 0 bridgehead atoms. The molecule has 18 heavy (non-hydrogen) atoms. The number of benzene rings is 1. The van der Waals surface area contributed by atoms with Crippen LogP contribution in [-0.2, 0) is 0 Å². The van der Waals surface area contributed by atoms with E-state index < -0.39 is 0 Å². The summed E-state index contributed by atoms with van der Waals surface area (Å²) in [5.74, 6) is 0.689. The van der Waals surface area contributed by atoms with Gasteiger partial charge in [-0.2, -0.15) is 5.26 Å². The van der Waals surface area contributed by atoms with Gasteiger partial charge in [-0.25, -0.2) is 0 Å². The smallest absolute Gasteiger partial charge is 0.126 e. The molecule has 0 radical (unpaired) electrons. The van der Waals surface area contributed by atoms with Crippen molar-refractivity contribution in [2.75, 3.05) is 14.2 Å². The third-order valence-corrected chi connectivity index (χ3v) is 3.34. The highest BCUT2D eigenvalue weighted by atomic mass is 35.5. The molecule has 0 fully saturated rings. The second-order valence-corrected chi connectivity index (χ2v) is 4.69. The number of hydrogen-bond acceptors (Lipinski definition) is 3. The van der Waals surface area contributed by atoms with Crippen LogP contribution in [0.5, 0.6) is 5.75 Å². The molecular weight excluding hydrogens is 248 g/mol. The Morgan fingerprint density at radius 1 is 1.50 bits per heavy atom. The molecule has 1 N–H and O–H groups in total. The van der Waals surface area contributed by atoms with Crippen molar-refractivity contribution in [2.24, 2.45) is 5.92 Å². The lowest BCUT2D eigenvalue weighted by Gasteiger charge is -2.24. The molecule has 1 aromatic rings. The number of aryl methyl sites for hydroxylation is 1. The summed E-state index contributed by atoms with van der Waals surface area (Å²) in [6.45, 7) is 3.95. The van der Waals surface area contributed by atoms with Crippen LogP contribution in [0.1, 0.15) is 30.5 Å². The Balaban J connectivity index is 3.32. The average molecular weight is 267 g/mol. The number of hydrogen-bond donors (Lipinski definition) is 1. The molecule has 1 rings (SSSR count). The lowest BCUT2D eigenvalue weighted by atomic mass is 9.90. The van der Waals surface area contributed by atoms with Gasteiger partial charge in [0.15, 0.2) is 0 Å². The van der Waals surface area contributed by atoms with Gasteiger partial charge in [-0.3, -0.25) is 0 Å². The van der Waals surface area contributed by atoms with E-state index in [9.17, 15) is 5.26 Å². The maximum absolute atomic E-state index is 9.23. The Bertz CT molecular complexity index is 454. The standard InChI is InChI=1S/C14H19ClN2O/c1-5-10(8-16)13(17-3)12-7-11(15)6-9(2)14(12)18-4/h6-7,10,13,17H,5H2,1-4H3. The van der Waals surface area contributed by atoms with E-state index >= 15 is 0 Å². The summed E-state index contributed by atoms with van der Waals surface area (Å²) < 4.78 is 5.45. The fourth-order valence-corrected chi connectivity index (χ4v) is 2.52. The van der Waals surface area contributed by atoms with Crippen molar-refractivity contribution in [3.05, 3.63) is 28.3 Å². The normalized spacial score (nSPS) is 13.8. The van der Waals surface area contributed by atoms with Gasteiger partial charge in [-0.15, -0.1) is 0 Å². The Morgan fingerprint density at radius 3 is 2.61 bits per heavy atom. The Kier molecular flexibility index (Phi) is 5.46. The summed E-state index contributed by atoms with van der Waals surface area (Å²) >= 11 is 6.10. The maximum Gasteiger partial charge on any atom is 0.126 e. The largest absolute Gasteiger partial charge is 0.496 e. The van der Waals surface area contributed by atoms with E-state index in [0.717, 1.165) is 23.3 Å². The third kappa shape index (κ3) is 2.95. The molecule has 98 valence electrons. The molecule has 0 amide bonds. The first kappa shape index (κ1) is 14.8. The molecule has 4 heteroatoms. The highest BCUT2D eigenvalue weighted by molar-refractivity contribution is 6.30. The highest BCUT2D eigenvalue weighted by Crippen LogP contribution is 2.35. The molecule has 0 saturated heterocycles. The lowest BCUT2D eigenvalue weighted by molar-refractivity contribution is 0.381. The Hall–Kier alpha value is -1.24. The van der Waals surface area contributed by atoms with Crippen molar-refractivity contribution >= 4 is 11.6 Å². The van der Waals surface area contributed by atoms with Gasteiger partial charge in [0, 0.05) is 10.6 Å². The summed E-state index contributed by atoms with van der Waals surface area (Å²) in [6, 6.07) is 5.99. The number of nitrogens with one attached hydrogen (secondary N) is 1. The second kappa shape index (κ2) is 6.63. The first-order chi connectivity index (χ1) is 8.58. The van der Waals surface area contributed by atoms with E-state index in [2.05, 4.69) is 11.4 Å². The SMILES string of the molecule is CCC(C#N)C(NC)c1cc(Cl)cc(C)c1OC. The van der Waals surface area contributed by atoms with Crippen molar-refractivity contribution in [3.8, 4) is 11.8 Å². The van der Waals surface area contributed by atoms with Crippen LogP contribution in [0.25, 0.3) is 0 Å². The van der Waals surface area contributed by atoms with Crippen molar-refractivity contribution in [1.82, 2.24) is 5.32 Å². The molecular formula is C14H19ClN2O. The Labute approximate surface area is 114 Å². The predicted molar refractivity (Wildman–Crippen MR) is 73.9 cm³/mol. The fourth-order valence-electron chi connectivity index (χ4n) is 2.24. The molecule has 0 aliphatic carbocycles. The van der Waals surface area contributed by atoms with Crippen LogP contribution in [0.3, 0.4) is 0 Å². The van der Waals surface area contributed by atoms with E-state index in [1.165, 1.54) is 0 Å². The van der Waals surface area contributed by atoms with Gasteiger partial charge in [0.2, 0.25) is 0 Å². The second-order valence-electron chi connectivity index (χ2n) is 4.26. The molecule has 0 aromatic heterocycles. The maximum atomic E-state index is 9.23. The zero-order valence-corrected chi connectivity index (χ0v) is 12.0. The number of rotatable bonds is 5. The molecule has 2 atom stereocenters. The van der Waals surface area contributed by atoms with Crippen LogP contribution >= 0.6 is 11.6 Å². The number of methoxy groups -OCH3 is 1. The van der Waals surface area contributed by atoms with E-state index in [1.54, 1.807) is 7.11 Å². The molecule has 1 aromatic carbocycles. The quantitative estimate of drug-likeness (QED) is 0.888. The molecule has 0 aliphatic rings. The van der Waals surface area contributed by atoms with Gasteiger partial charge >= 0.3 is 0 Å². The summed E-state index contributed by atoms with van der Waals surface area (Å²) in [7, 11) is 3.49. The van der Waals surface area contributed by atoms with Crippen LogP contribution in [-0.4, -0.2) is 14.2 Å². The molecule has 0 saturated carbocycles. The van der Waals surface area contributed by atoms with Gasteiger partial charge in [0.05, 0.1) is 25.1 Å². The zero-order chi connectivity index (χ0) is 13.7. The van der Waals surface area contributed by atoms with Gasteiger partial charge in [-0.05, 0) is 38.1 Å². The minimum absolute atomic E-state index is 0.0765. The topological polar surface area (TPSA) is 45.0 Å². The van der Waals surface area contributed by atoms with E-state index in [-0.39, 0.29) is 12.0 Å². The van der Waals surface area contributed by atoms with Gasteiger partial charge in [-0.1, -0.05) is 18.5 Å². The first-order valence-electron chi connectivity index (χ1n) is 5.99. The van der Waals surface area contributed by atoms with E-state index in [0.29, 0.717) is 5.02 Å². The lowest BCUT2D eigenvalue weighted by Crippen LogP contribution is -2.24. The predicted octanol–water partition coefficient (Wildman–Crippen LogP) is 3.47. The van der Waals surface area contributed by atoms with Crippen LogP contribution in [0, 0.1) is 24.2 Å². The van der Waals surface area contributed by atoms with E-state index in [4.69, 9.17) is 16.3 Å². The van der Waals surface area contributed by atoms with E-state index in [1.807, 2.05) is 33.0 Å². The van der Waals surface area contributed by atoms with Gasteiger partial charge in [0.25, 0.3) is 0 Å². The monoisotopic (exact) mass is 266 g/mol. The molecule has 0 aliphatic heterocycles. The van der Waals surface area contributed by atoms with Crippen molar-refractivity contribution < 1.29 is 4.74 Å². The number of nitriles is 1. The van der Waals surface area contributed by atoms with Crippen LogP contribution in [0.15, 0.2) is 12.1 Å². The van der Waals surface area contributed by atoms with Crippen molar-refractivity contribution in [1.29, 1.82) is 5.26 Å². The molecule has 0 heterocycles. The van der Waals surface area contributed by atoms with Crippen molar-refractivity contribution in [2.45, 2.75) is 26.3 Å². The molecule has 0 spiro atoms. The highest BCUT2D eigenvalue weighted by Gasteiger charge is 2.24. The van der Waals surface area contributed by atoms with Gasteiger partial charge in [0.1, 0.15) is 5.75 Å². The van der Waals surface area contributed by atoms with Crippen LogP contribution < -0.4 is 10.1 Å². The minimum atomic E-state index is -0.109. The number of halogens is 1. The summed E-state index contributed by atoms with van der Waals surface area (Å²) in [4.78, 5) is 0. The van der Waals surface area contributed by atoms with Crippen LogP contribution in [0.4, 0.5) is 0 Å². The summed E-state index contributed by atoms with van der Waals surface area (Å²) in [5.41, 5.74) is 1.92. The number of nitrogens with zero attached hydrogens (tertiary/aromatic N) is 1. The fraction of sp³-hybridized carbons (Fsp3) is 0.500. The third-order valence-electron chi connectivity index (χ3n) is 3.13. The van der Waals surface area contributed by atoms with Crippen molar-refractivity contribution in [3.63, 3.8) is 0 Å². The molecule has 3 nitrogen and oxygen atoms in total. The number of ether oxygens (including phenoxy) is 1. The minimum Gasteiger partial charge on any atom is -0.496 e. The summed E-state index contributed by atoms with van der Waals surface area (Å²) in [5, 5.41) is 13.1. The average Bonchev–Trinajstić information content (AvgIpc) is 2.35. The molecule has 2 unspecified atom stereocenters. The van der Waals surface area contributed by atoms with Gasteiger partial charge < -0.3 is 10.1 Å². The Morgan fingerprint density at radius 2 is 2.17 bits per heavy atom. The van der Waals surface area contributed by atoms with Crippen LogP contribution in [0.2, 0.25) is 5.02 Å². The summed E-state index contributed by atoms with van der Waals surface area (Å²) in [6.07, 6.45) is 0.775. The first-order valence-corrected chi connectivity index (χ1v) is 6.37. The zero-order valence-electron chi connectivity index (χ0n) is 11.2.